The second-order valence-electron chi connectivity index (χ2n) is 12.0. The lowest BCUT2D eigenvalue weighted by molar-refractivity contribution is -0.142. The number of pyridine rings is 1. The minimum Gasteiger partial charge on any atom is -0.466 e. The molecule has 222 valence electrons. The van der Waals surface area contributed by atoms with Crippen molar-refractivity contribution in [3.63, 3.8) is 0 Å². The van der Waals surface area contributed by atoms with Gasteiger partial charge in [0.25, 0.3) is 0 Å². The van der Waals surface area contributed by atoms with Crippen LogP contribution in [-0.4, -0.2) is 41.8 Å². The van der Waals surface area contributed by atoms with Gasteiger partial charge in [-0.1, -0.05) is 43.9 Å². The summed E-state index contributed by atoms with van der Waals surface area (Å²) in [5, 5.41) is 0. The Kier molecular flexibility index (Phi) is 10.1. The van der Waals surface area contributed by atoms with E-state index in [4.69, 9.17) is 9.47 Å². The quantitative estimate of drug-likeness (QED) is 0.130. The Morgan fingerprint density at radius 2 is 1.71 bits per heavy atom. The Balaban J connectivity index is 1.38. The van der Waals surface area contributed by atoms with Crippen molar-refractivity contribution >= 4 is 14.0 Å². The first kappa shape index (κ1) is 31.0. The number of alkyl halides is 3. The smallest absolute Gasteiger partial charge is 0.434 e. The molecule has 6 nitrogen and oxygen atoms in total. The molecular weight excluding hydrogens is 547 g/mol. The lowest BCUT2D eigenvalue weighted by atomic mass is 9.77. The summed E-state index contributed by atoms with van der Waals surface area (Å²) in [6, 6.07) is 12.9. The van der Waals surface area contributed by atoms with Gasteiger partial charge >= 0.3 is 12.1 Å². The molecule has 0 aliphatic heterocycles. The second-order valence-corrected chi connectivity index (χ2v) is 17.6. The van der Waals surface area contributed by atoms with Gasteiger partial charge in [0.2, 0.25) is 0 Å². The number of hydrogen-bond acceptors (Lipinski definition) is 5. The fourth-order valence-electron chi connectivity index (χ4n) is 5.21. The lowest BCUT2D eigenvalue weighted by Gasteiger charge is -2.28. The highest BCUT2D eigenvalue weighted by Gasteiger charge is 2.35. The van der Waals surface area contributed by atoms with E-state index in [2.05, 4.69) is 41.7 Å². The molecule has 0 atom stereocenters. The Morgan fingerprint density at radius 3 is 2.29 bits per heavy atom. The average molecular weight is 588 g/mol. The van der Waals surface area contributed by atoms with E-state index in [0.717, 1.165) is 49.2 Å². The van der Waals surface area contributed by atoms with Crippen LogP contribution < -0.4 is 0 Å². The number of nitrogens with zero attached hydrogens (tertiary/aromatic N) is 3. The van der Waals surface area contributed by atoms with Crippen molar-refractivity contribution in [2.45, 2.75) is 89.5 Å². The molecule has 2 heterocycles. The molecule has 0 radical (unpaired) electrons. The second kappa shape index (κ2) is 13.3. The standard InChI is InChI=1S/C31H40F3N3O3Si/c1-5-40-29(38)18-22-6-8-23(9-7-22)24-10-12-25(13-11-24)27-15-14-26(19-35-27)30-36-28(31(32,33)34)20-37(30)21-39-16-17-41(2,3)4/h6-9,14-15,19-20,24-25H,5,10-13,16-18,21H2,1-4H3. The Bertz CT molecular complexity index is 1280. The first-order valence-electron chi connectivity index (χ1n) is 14.4. The third-order valence-electron chi connectivity index (χ3n) is 7.59. The fraction of sp³-hybridized carbons (Fsp3) is 0.516. The van der Waals surface area contributed by atoms with E-state index < -0.39 is 19.9 Å². The molecule has 0 unspecified atom stereocenters. The summed E-state index contributed by atoms with van der Waals surface area (Å²) in [6.45, 7) is 9.39. The number of esters is 1. The molecule has 1 saturated carbocycles. The van der Waals surface area contributed by atoms with Gasteiger partial charge in [-0.05, 0) is 67.8 Å². The van der Waals surface area contributed by atoms with Gasteiger partial charge in [0, 0.05) is 44.2 Å². The molecule has 3 aromatic rings. The summed E-state index contributed by atoms with van der Waals surface area (Å²) in [6.07, 6.45) is 2.42. The van der Waals surface area contributed by atoms with Crippen molar-refractivity contribution in [3.8, 4) is 11.4 Å². The molecule has 0 N–H and O–H groups in total. The molecule has 1 aromatic carbocycles. The van der Waals surface area contributed by atoms with E-state index in [1.807, 2.05) is 24.3 Å². The monoisotopic (exact) mass is 587 g/mol. The Hall–Kier alpha value is -2.98. The maximum absolute atomic E-state index is 13.5. The molecule has 0 amide bonds. The largest absolute Gasteiger partial charge is 0.466 e. The van der Waals surface area contributed by atoms with Crippen LogP contribution in [0, 0.1) is 0 Å². The van der Waals surface area contributed by atoms with Crippen LogP contribution in [0.5, 0.6) is 0 Å². The number of imidazole rings is 1. The van der Waals surface area contributed by atoms with Crippen LogP contribution in [0.1, 0.15) is 67.0 Å². The lowest BCUT2D eigenvalue weighted by Crippen LogP contribution is -2.22. The van der Waals surface area contributed by atoms with E-state index in [1.54, 1.807) is 13.1 Å². The normalized spacial score (nSPS) is 17.9. The van der Waals surface area contributed by atoms with Gasteiger partial charge in [0.1, 0.15) is 12.6 Å². The third-order valence-corrected chi connectivity index (χ3v) is 9.29. The summed E-state index contributed by atoms with van der Waals surface area (Å²) in [4.78, 5) is 20.3. The number of aromatic nitrogens is 3. The summed E-state index contributed by atoms with van der Waals surface area (Å²) < 4.78 is 52.6. The number of carbonyl (C=O) groups excluding carboxylic acids is 1. The molecule has 2 aromatic heterocycles. The Morgan fingerprint density at radius 1 is 1.02 bits per heavy atom. The maximum atomic E-state index is 13.5. The number of rotatable bonds is 11. The van der Waals surface area contributed by atoms with E-state index in [9.17, 15) is 18.0 Å². The number of hydrogen-bond donors (Lipinski definition) is 0. The predicted molar refractivity (Wildman–Crippen MR) is 155 cm³/mol. The summed E-state index contributed by atoms with van der Waals surface area (Å²) in [5.74, 6) is 0.754. The first-order chi connectivity index (χ1) is 19.4. The van der Waals surface area contributed by atoms with Gasteiger partial charge < -0.3 is 14.0 Å². The summed E-state index contributed by atoms with van der Waals surface area (Å²) in [5.41, 5.74) is 2.79. The zero-order valence-corrected chi connectivity index (χ0v) is 25.3. The molecule has 41 heavy (non-hydrogen) atoms. The first-order valence-corrected chi connectivity index (χ1v) is 18.1. The van der Waals surface area contributed by atoms with Crippen molar-refractivity contribution in [1.82, 2.24) is 14.5 Å². The van der Waals surface area contributed by atoms with Crippen molar-refractivity contribution in [1.29, 1.82) is 0 Å². The number of ether oxygens (including phenoxy) is 2. The average Bonchev–Trinajstić information content (AvgIpc) is 3.36. The number of carbonyl (C=O) groups is 1. The topological polar surface area (TPSA) is 66.2 Å². The molecule has 4 rings (SSSR count). The van der Waals surface area contributed by atoms with Crippen LogP contribution in [0.2, 0.25) is 25.7 Å². The minimum atomic E-state index is -4.54. The molecule has 10 heteroatoms. The zero-order chi connectivity index (χ0) is 29.6. The zero-order valence-electron chi connectivity index (χ0n) is 24.3. The van der Waals surface area contributed by atoms with Crippen molar-refractivity contribution in [2.24, 2.45) is 0 Å². The van der Waals surface area contributed by atoms with Crippen LogP contribution in [0.3, 0.4) is 0 Å². The van der Waals surface area contributed by atoms with Gasteiger partial charge in [0.05, 0.1) is 13.0 Å². The molecule has 0 saturated heterocycles. The molecule has 0 bridgehead atoms. The van der Waals surface area contributed by atoms with Crippen LogP contribution in [0.25, 0.3) is 11.4 Å². The van der Waals surface area contributed by atoms with Crippen LogP contribution in [-0.2, 0) is 33.6 Å². The van der Waals surface area contributed by atoms with Gasteiger partial charge in [-0.3, -0.25) is 9.78 Å². The SMILES string of the molecule is CCOC(=O)Cc1ccc(C2CCC(c3ccc(-c4nc(C(F)(F)F)cn4COCC[Si](C)(C)C)cn3)CC2)cc1. The molecule has 1 aliphatic rings. The van der Waals surface area contributed by atoms with E-state index >= 15 is 0 Å². The third kappa shape index (κ3) is 8.75. The maximum Gasteiger partial charge on any atom is 0.434 e. The van der Waals surface area contributed by atoms with Crippen molar-refractivity contribution < 1.29 is 27.4 Å². The molecule has 0 spiro atoms. The highest BCUT2D eigenvalue weighted by atomic mass is 28.3. The highest BCUT2D eigenvalue weighted by molar-refractivity contribution is 6.76. The van der Waals surface area contributed by atoms with E-state index in [-0.39, 0.29) is 24.9 Å². The number of halogens is 3. The minimum absolute atomic E-state index is 0.0124. The fourth-order valence-corrected chi connectivity index (χ4v) is 5.97. The summed E-state index contributed by atoms with van der Waals surface area (Å²) >= 11 is 0. The van der Waals surface area contributed by atoms with Gasteiger partial charge in [-0.15, -0.1) is 0 Å². The van der Waals surface area contributed by atoms with E-state index in [0.29, 0.717) is 30.6 Å². The van der Waals surface area contributed by atoms with Crippen LogP contribution in [0.4, 0.5) is 13.2 Å². The molecule has 1 aliphatic carbocycles. The van der Waals surface area contributed by atoms with Crippen molar-refractivity contribution in [3.05, 3.63) is 71.3 Å². The molecular formula is C31H40F3N3O3Si. The van der Waals surface area contributed by atoms with Gasteiger partial charge in [-0.25, -0.2) is 4.98 Å². The predicted octanol–water partition coefficient (Wildman–Crippen LogP) is 7.82. The van der Waals surface area contributed by atoms with E-state index in [1.165, 1.54) is 10.1 Å². The van der Waals surface area contributed by atoms with Gasteiger partial charge in [-0.2, -0.15) is 13.2 Å². The summed E-state index contributed by atoms with van der Waals surface area (Å²) in [7, 11) is -1.31. The Labute approximate surface area is 241 Å². The van der Waals surface area contributed by atoms with Crippen molar-refractivity contribution in [2.75, 3.05) is 13.2 Å². The van der Waals surface area contributed by atoms with Gasteiger partial charge in [0.15, 0.2) is 5.69 Å². The number of benzene rings is 1. The highest BCUT2D eigenvalue weighted by Crippen LogP contribution is 2.40. The molecule has 1 fully saturated rings. The van der Waals surface area contributed by atoms with Crippen LogP contribution in [0.15, 0.2) is 48.8 Å². The van der Waals surface area contributed by atoms with Crippen LogP contribution >= 0.6 is 0 Å².